The fraction of sp³-hybridized carbons (Fsp3) is 0.174. The van der Waals surface area contributed by atoms with Crippen LogP contribution in [0, 0.1) is 0 Å². The van der Waals surface area contributed by atoms with E-state index in [-0.39, 0.29) is 38.5 Å². The summed E-state index contributed by atoms with van der Waals surface area (Å²) in [5.74, 6) is -0.221. The van der Waals surface area contributed by atoms with E-state index >= 15 is 0 Å². The lowest BCUT2D eigenvalue weighted by Gasteiger charge is -2.28. The Morgan fingerprint density at radius 1 is 1.00 bits per heavy atom. The van der Waals surface area contributed by atoms with E-state index in [1.54, 1.807) is 24.3 Å². The topological polar surface area (TPSA) is 119 Å². The van der Waals surface area contributed by atoms with E-state index in [1.807, 2.05) is 0 Å². The van der Waals surface area contributed by atoms with Crippen molar-refractivity contribution >= 4 is 44.8 Å². The zero-order chi connectivity index (χ0) is 24.5. The molecule has 0 spiro atoms. The van der Waals surface area contributed by atoms with Crippen LogP contribution in [0.15, 0.2) is 65.6 Å². The molecule has 178 valence electrons. The van der Waals surface area contributed by atoms with Gasteiger partial charge in [0.1, 0.15) is 25.9 Å². The molecule has 0 aromatic heterocycles. The number of nitrogens with zero attached hydrogens (tertiary/aromatic N) is 1. The maximum Gasteiger partial charge on any atom is 0.264 e. The van der Waals surface area contributed by atoms with Gasteiger partial charge in [-0.15, -0.1) is 0 Å². The van der Waals surface area contributed by atoms with Gasteiger partial charge >= 0.3 is 0 Å². The average molecular weight is 523 g/mol. The number of sulfonamides is 1. The average Bonchev–Trinajstić information content (AvgIpc) is 2.82. The Hall–Kier alpha value is -2.98. The number of hydrogen-bond donors (Lipinski definition) is 2. The van der Waals surface area contributed by atoms with Crippen LogP contribution in [-0.2, 0) is 14.8 Å². The van der Waals surface area contributed by atoms with Crippen molar-refractivity contribution in [2.75, 3.05) is 24.1 Å². The molecule has 1 unspecified atom stereocenters. The van der Waals surface area contributed by atoms with Crippen molar-refractivity contribution in [2.45, 2.75) is 11.0 Å². The predicted octanol–water partition coefficient (Wildman–Crippen LogP) is 3.53. The van der Waals surface area contributed by atoms with Crippen molar-refractivity contribution in [3.8, 4) is 11.5 Å². The molecule has 0 fully saturated rings. The van der Waals surface area contributed by atoms with E-state index in [0.29, 0.717) is 17.9 Å². The van der Waals surface area contributed by atoms with Crippen LogP contribution in [0.4, 0.5) is 5.69 Å². The van der Waals surface area contributed by atoms with Crippen LogP contribution >= 0.6 is 23.2 Å². The number of hydrogen-bond acceptors (Lipinski definition) is 6. The Kier molecular flexibility index (Phi) is 6.90. The monoisotopic (exact) mass is 522 g/mol. The summed E-state index contributed by atoms with van der Waals surface area (Å²) in [5.41, 5.74) is 5.89. The molecule has 3 aromatic rings. The second-order valence-corrected chi connectivity index (χ2v) is 10.1. The molecule has 3 N–H and O–H groups in total. The first-order valence-electron chi connectivity index (χ1n) is 10.1. The number of anilines is 1. The molecule has 0 aliphatic carbocycles. The first-order chi connectivity index (χ1) is 16.2. The van der Waals surface area contributed by atoms with Gasteiger partial charge in [0.25, 0.3) is 10.0 Å². The number of halogens is 2. The molecule has 0 radical (unpaired) electrons. The van der Waals surface area contributed by atoms with Crippen LogP contribution in [0.3, 0.4) is 0 Å². The van der Waals surface area contributed by atoms with E-state index in [0.717, 1.165) is 4.31 Å². The van der Waals surface area contributed by atoms with Gasteiger partial charge in [0.15, 0.2) is 11.5 Å². The van der Waals surface area contributed by atoms with Gasteiger partial charge in [-0.25, -0.2) is 8.42 Å². The summed E-state index contributed by atoms with van der Waals surface area (Å²) in [6.45, 7) is -0.0610. The molecule has 0 bridgehead atoms. The molecule has 1 amide bonds. The number of carbonyl (C=O) groups is 1. The van der Waals surface area contributed by atoms with Gasteiger partial charge < -0.3 is 20.3 Å². The van der Waals surface area contributed by atoms with Gasteiger partial charge in [0.05, 0.1) is 10.6 Å². The van der Waals surface area contributed by atoms with Crippen LogP contribution in [-0.4, -0.2) is 39.2 Å². The quantitative estimate of drug-likeness (QED) is 0.489. The third-order valence-corrected chi connectivity index (χ3v) is 7.49. The normalized spacial score (nSPS) is 13.9. The number of fused-ring (bicyclic) bond motifs is 1. The number of rotatable bonds is 7. The molecule has 34 heavy (non-hydrogen) atoms. The third kappa shape index (κ3) is 4.78. The minimum Gasteiger partial charge on any atom is -0.486 e. The highest BCUT2D eigenvalue weighted by Gasteiger charge is 2.32. The molecule has 1 atom stereocenters. The standard InChI is InChI=1S/C23H20Cl2N2O6S/c24-14-5-7-19(17(11-14)23(29)16-3-1-2-4-18(16)25)27(13-22(26)28)34(30,31)15-6-8-20-21(12-15)33-10-9-32-20/h1-8,11-12,23,29H,9-10,13H2,(H2,26,28). The minimum atomic E-state index is -4.33. The summed E-state index contributed by atoms with van der Waals surface area (Å²) in [6.07, 6.45) is -1.34. The highest BCUT2D eigenvalue weighted by atomic mass is 35.5. The maximum absolute atomic E-state index is 13.7. The number of amides is 1. The molecular formula is C23H20Cl2N2O6S. The number of ether oxygens (including phenoxy) is 2. The largest absolute Gasteiger partial charge is 0.486 e. The van der Waals surface area contributed by atoms with Crippen molar-refractivity contribution < 1.29 is 27.8 Å². The van der Waals surface area contributed by atoms with E-state index < -0.39 is 28.6 Å². The third-order valence-electron chi connectivity index (χ3n) is 5.15. The summed E-state index contributed by atoms with van der Waals surface area (Å²) in [5, 5.41) is 11.7. The number of benzene rings is 3. The summed E-state index contributed by atoms with van der Waals surface area (Å²) in [4.78, 5) is 11.8. The van der Waals surface area contributed by atoms with Gasteiger partial charge in [0, 0.05) is 27.2 Å². The summed E-state index contributed by atoms with van der Waals surface area (Å²) >= 11 is 12.4. The second-order valence-electron chi connectivity index (χ2n) is 7.41. The Balaban J connectivity index is 1.85. The lowest BCUT2D eigenvalue weighted by atomic mass is 9.99. The predicted molar refractivity (Wildman–Crippen MR) is 128 cm³/mol. The molecular weight excluding hydrogens is 503 g/mol. The van der Waals surface area contributed by atoms with Crippen molar-refractivity contribution in [1.82, 2.24) is 0 Å². The highest BCUT2D eigenvalue weighted by molar-refractivity contribution is 7.92. The molecule has 1 heterocycles. The summed E-state index contributed by atoms with van der Waals surface area (Å²) in [7, 11) is -4.33. The molecule has 1 aliphatic heterocycles. The van der Waals surface area contributed by atoms with E-state index in [1.165, 1.54) is 36.4 Å². The Labute approximate surface area is 206 Å². The van der Waals surface area contributed by atoms with Crippen molar-refractivity contribution in [3.63, 3.8) is 0 Å². The van der Waals surface area contributed by atoms with Gasteiger partial charge in [-0.3, -0.25) is 9.10 Å². The van der Waals surface area contributed by atoms with Gasteiger partial charge in [-0.2, -0.15) is 0 Å². The molecule has 1 aliphatic rings. The van der Waals surface area contributed by atoms with Crippen molar-refractivity contribution in [1.29, 1.82) is 0 Å². The number of carbonyl (C=O) groups excluding carboxylic acids is 1. The van der Waals surface area contributed by atoms with Crippen LogP contribution in [0.2, 0.25) is 10.0 Å². The van der Waals surface area contributed by atoms with E-state index in [9.17, 15) is 18.3 Å². The molecule has 8 nitrogen and oxygen atoms in total. The first-order valence-corrected chi connectivity index (χ1v) is 12.3. The lowest BCUT2D eigenvalue weighted by Crippen LogP contribution is -2.39. The van der Waals surface area contributed by atoms with Crippen LogP contribution in [0.25, 0.3) is 0 Å². The van der Waals surface area contributed by atoms with Crippen LogP contribution in [0.5, 0.6) is 11.5 Å². The van der Waals surface area contributed by atoms with Crippen molar-refractivity contribution in [2.24, 2.45) is 5.73 Å². The Bertz CT molecular complexity index is 1350. The van der Waals surface area contributed by atoms with Crippen LogP contribution < -0.4 is 19.5 Å². The Morgan fingerprint density at radius 3 is 2.41 bits per heavy atom. The van der Waals surface area contributed by atoms with Gasteiger partial charge in [-0.1, -0.05) is 41.4 Å². The summed E-state index contributed by atoms with van der Waals surface area (Å²) in [6, 6.07) is 15.0. The molecule has 0 saturated carbocycles. The van der Waals surface area contributed by atoms with E-state index in [4.69, 9.17) is 38.4 Å². The van der Waals surface area contributed by atoms with Crippen LogP contribution in [0.1, 0.15) is 17.2 Å². The number of primary amides is 1. The van der Waals surface area contributed by atoms with Gasteiger partial charge in [0.2, 0.25) is 5.91 Å². The number of nitrogens with two attached hydrogens (primary N) is 1. The van der Waals surface area contributed by atoms with Gasteiger partial charge in [-0.05, 0) is 36.4 Å². The molecule has 0 saturated heterocycles. The Morgan fingerprint density at radius 2 is 1.71 bits per heavy atom. The molecule has 3 aromatic carbocycles. The smallest absolute Gasteiger partial charge is 0.264 e. The minimum absolute atomic E-state index is 0.0190. The SMILES string of the molecule is NC(=O)CN(c1ccc(Cl)cc1C(O)c1ccccc1Cl)S(=O)(=O)c1ccc2c(c1)OCCO2. The van der Waals surface area contributed by atoms with Crippen molar-refractivity contribution in [3.05, 3.63) is 81.8 Å². The fourth-order valence-corrected chi connectivity index (χ4v) is 5.48. The number of aliphatic hydroxyl groups is 1. The number of aliphatic hydroxyl groups excluding tert-OH is 1. The second kappa shape index (κ2) is 9.71. The fourth-order valence-electron chi connectivity index (χ4n) is 3.59. The highest BCUT2D eigenvalue weighted by Crippen LogP contribution is 2.39. The first kappa shape index (κ1) is 24.2. The zero-order valence-electron chi connectivity index (χ0n) is 17.6. The zero-order valence-corrected chi connectivity index (χ0v) is 20.0. The maximum atomic E-state index is 13.7. The lowest BCUT2D eigenvalue weighted by molar-refractivity contribution is -0.116. The molecule has 4 rings (SSSR count). The summed E-state index contributed by atoms with van der Waals surface area (Å²) < 4.78 is 39.2. The van der Waals surface area contributed by atoms with E-state index in [2.05, 4.69) is 0 Å². The molecule has 11 heteroatoms.